The van der Waals surface area contributed by atoms with Crippen LogP contribution in [0.2, 0.25) is 0 Å². The van der Waals surface area contributed by atoms with Gasteiger partial charge in [-0.2, -0.15) is 0 Å². The molecule has 2 aliphatic carbocycles. The molecule has 0 saturated carbocycles. The predicted octanol–water partition coefficient (Wildman–Crippen LogP) is 6.46. The highest BCUT2D eigenvalue weighted by atomic mass is 79.9. The lowest BCUT2D eigenvalue weighted by Gasteiger charge is -2.44. The second-order valence-corrected chi connectivity index (χ2v) is 10.1. The van der Waals surface area contributed by atoms with Crippen molar-refractivity contribution < 1.29 is 19.1 Å². The van der Waals surface area contributed by atoms with E-state index in [-0.39, 0.29) is 23.6 Å². The van der Waals surface area contributed by atoms with Gasteiger partial charge < -0.3 is 14.4 Å². The van der Waals surface area contributed by atoms with Crippen molar-refractivity contribution in [1.82, 2.24) is 4.90 Å². The third-order valence-electron chi connectivity index (χ3n) is 6.55. The molecule has 0 atom stereocenters. The SMILES string of the molecule is CCCN1C2=C(C(=O)CCC2)C(c2cc(Br)c(OC(C)C)c(OCC)c2)C2=C1CCCC2=O. The lowest BCUT2D eigenvalue weighted by atomic mass is 9.71. The summed E-state index contributed by atoms with van der Waals surface area (Å²) in [4.78, 5) is 29.0. The van der Waals surface area contributed by atoms with E-state index in [0.717, 1.165) is 71.2 Å². The van der Waals surface area contributed by atoms with Crippen LogP contribution < -0.4 is 9.47 Å². The van der Waals surface area contributed by atoms with Crippen LogP contribution in [0.1, 0.15) is 84.1 Å². The minimum atomic E-state index is -0.340. The Kier molecular flexibility index (Phi) is 7.32. The first-order chi connectivity index (χ1) is 15.9. The Morgan fingerprint density at radius 2 is 1.61 bits per heavy atom. The van der Waals surface area contributed by atoms with E-state index < -0.39 is 0 Å². The van der Waals surface area contributed by atoms with Gasteiger partial charge in [-0.1, -0.05) is 6.92 Å². The number of ether oxygens (including phenoxy) is 2. The molecule has 4 rings (SSSR count). The molecule has 0 bridgehead atoms. The number of hydrogen-bond donors (Lipinski definition) is 0. The summed E-state index contributed by atoms with van der Waals surface area (Å²) in [6.45, 7) is 9.41. The van der Waals surface area contributed by atoms with Crippen molar-refractivity contribution in [2.24, 2.45) is 0 Å². The highest BCUT2D eigenvalue weighted by Gasteiger charge is 2.43. The van der Waals surface area contributed by atoms with Crippen LogP contribution in [0.4, 0.5) is 0 Å². The van der Waals surface area contributed by atoms with Crippen molar-refractivity contribution >= 4 is 27.5 Å². The molecule has 0 saturated heterocycles. The first-order valence-corrected chi connectivity index (χ1v) is 13.1. The summed E-state index contributed by atoms with van der Waals surface area (Å²) in [5.74, 6) is 1.30. The van der Waals surface area contributed by atoms with E-state index in [1.54, 1.807) is 0 Å². The van der Waals surface area contributed by atoms with Crippen LogP contribution in [0.5, 0.6) is 11.5 Å². The van der Waals surface area contributed by atoms with Gasteiger partial charge in [-0.3, -0.25) is 9.59 Å². The van der Waals surface area contributed by atoms with Crippen LogP contribution in [-0.2, 0) is 9.59 Å². The lowest BCUT2D eigenvalue weighted by molar-refractivity contribution is -0.117. The zero-order valence-electron chi connectivity index (χ0n) is 20.1. The number of Topliss-reactive ketones (excluding diaryl/α,β-unsaturated/α-hetero) is 2. The number of ketones is 2. The summed E-state index contributed by atoms with van der Waals surface area (Å²) in [6.07, 6.45) is 5.56. The van der Waals surface area contributed by atoms with Crippen molar-refractivity contribution in [3.63, 3.8) is 0 Å². The Morgan fingerprint density at radius 1 is 1.00 bits per heavy atom. The first-order valence-electron chi connectivity index (χ1n) is 12.3. The Bertz CT molecular complexity index is 979. The average Bonchev–Trinajstić information content (AvgIpc) is 2.77. The van der Waals surface area contributed by atoms with Gasteiger partial charge in [0.15, 0.2) is 23.1 Å². The molecule has 0 radical (unpaired) electrons. The summed E-state index contributed by atoms with van der Waals surface area (Å²) in [6, 6.07) is 3.99. The number of hydrogen-bond acceptors (Lipinski definition) is 5. The molecule has 0 N–H and O–H groups in total. The highest BCUT2D eigenvalue weighted by Crippen LogP contribution is 2.51. The van der Waals surface area contributed by atoms with Gasteiger partial charge in [-0.25, -0.2) is 0 Å². The van der Waals surface area contributed by atoms with Crippen molar-refractivity contribution in [3.05, 3.63) is 44.7 Å². The molecule has 0 fully saturated rings. The van der Waals surface area contributed by atoms with E-state index >= 15 is 0 Å². The zero-order valence-corrected chi connectivity index (χ0v) is 21.7. The van der Waals surface area contributed by atoms with Crippen LogP contribution in [0.3, 0.4) is 0 Å². The fourth-order valence-corrected chi connectivity index (χ4v) is 5.96. The number of allylic oxidation sites excluding steroid dienone is 4. The number of nitrogens with zero attached hydrogens (tertiary/aromatic N) is 1. The number of halogens is 1. The standard InChI is InChI=1S/C27H34BrNO4/c1-5-13-29-19-9-7-11-21(30)25(19)24(26-20(29)10-8-12-22(26)31)17-14-18(28)27(33-16(3)4)23(15-17)32-6-2/h14-16,24H,5-13H2,1-4H3. The fourth-order valence-electron chi connectivity index (χ4n) is 5.41. The molecule has 6 heteroatoms. The number of rotatable bonds is 7. The largest absolute Gasteiger partial charge is 0.490 e. The number of benzene rings is 1. The van der Waals surface area contributed by atoms with Gasteiger partial charge in [0.25, 0.3) is 0 Å². The summed E-state index contributed by atoms with van der Waals surface area (Å²) < 4.78 is 12.8. The zero-order chi connectivity index (χ0) is 23.7. The van der Waals surface area contributed by atoms with Gasteiger partial charge in [0.1, 0.15) is 0 Å². The van der Waals surface area contributed by atoms with Gasteiger partial charge in [0.05, 0.1) is 17.2 Å². The molecule has 0 spiro atoms. The Balaban J connectivity index is 1.94. The summed E-state index contributed by atoms with van der Waals surface area (Å²) in [5, 5.41) is 0. The molecule has 5 nitrogen and oxygen atoms in total. The molecule has 33 heavy (non-hydrogen) atoms. The lowest BCUT2D eigenvalue weighted by Crippen LogP contribution is -2.39. The minimum Gasteiger partial charge on any atom is -0.490 e. The van der Waals surface area contributed by atoms with Crippen LogP contribution >= 0.6 is 15.9 Å². The summed E-state index contributed by atoms with van der Waals surface area (Å²) >= 11 is 3.69. The predicted molar refractivity (Wildman–Crippen MR) is 133 cm³/mol. The second kappa shape index (κ2) is 10.0. The summed E-state index contributed by atoms with van der Waals surface area (Å²) in [7, 11) is 0. The fraction of sp³-hybridized carbons (Fsp3) is 0.556. The van der Waals surface area contributed by atoms with Crippen molar-refractivity contribution in [2.75, 3.05) is 13.2 Å². The molecule has 0 aromatic heterocycles. The highest BCUT2D eigenvalue weighted by molar-refractivity contribution is 9.10. The Hall–Kier alpha value is -2.08. The quantitative estimate of drug-likeness (QED) is 0.417. The maximum atomic E-state index is 13.4. The normalized spacial score (nSPS) is 19.3. The minimum absolute atomic E-state index is 0.00731. The van der Waals surface area contributed by atoms with Gasteiger partial charge in [0, 0.05) is 47.8 Å². The monoisotopic (exact) mass is 515 g/mol. The maximum absolute atomic E-state index is 13.4. The van der Waals surface area contributed by atoms with Crippen LogP contribution in [0.25, 0.3) is 0 Å². The number of carbonyl (C=O) groups is 2. The molecule has 1 heterocycles. The van der Waals surface area contributed by atoms with E-state index in [4.69, 9.17) is 9.47 Å². The van der Waals surface area contributed by atoms with Crippen molar-refractivity contribution in [2.45, 2.75) is 84.7 Å². The molecule has 3 aliphatic rings. The van der Waals surface area contributed by atoms with E-state index in [1.807, 2.05) is 32.9 Å². The van der Waals surface area contributed by atoms with Gasteiger partial charge in [0.2, 0.25) is 0 Å². The molecule has 1 aliphatic heterocycles. The molecule has 178 valence electrons. The van der Waals surface area contributed by atoms with Crippen molar-refractivity contribution in [3.8, 4) is 11.5 Å². The third kappa shape index (κ3) is 4.51. The number of carbonyl (C=O) groups excluding carboxylic acids is 2. The van der Waals surface area contributed by atoms with Gasteiger partial charge in [-0.05, 0) is 86.5 Å². The van der Waals surface area contributed by atoms with Gasteiger partial charge in [-0.15, -0.1) is 0 Å². The smallest absolute Gasteiger partial charge is 0.175 e. The maximum Gasteiger partial charge on any atom is 0.175 e. The first kappa shape index (κ1) is 24.1. The van der Waals surface area contributed by atoms with E-state index in [2.05, 4.69) is 27.8 Å². The molecule has 0 unspecified atom stereocenters. The third-order valence-corrected chi connectivity index (χ3v) is 7.14. The van der Waals surface area contributed by atoms with E-state index in [0.29, 0.717) is 30.9 Å². The Labute approximate surface area is 205 Å². The van der Waals surface area contributed by atoms with E-state index in [1.165, 1.54) is 0 Å². The molecular weight excluding hydrogens is 482 g/mol. The van der Waals surface area contributed by atoms with Crippen LogP contribution in [0, 0.1) is 0 Å². The molecule has 0 amide bonds. The molecule has 1 aromatic rings. The molecule has 1 aromatic carbocycles. The van der Waals surface area contributed by atoms with E-state index in [9.17, 15) is 9.59 Å². The van der Waals surface area contributed by atoms with Gasteiger partial charge >= 0.3 is 0 Å². The second-order valence-electron chi connectivity index (χ2n) is 9.29. The summed E-state index contributed by atoms with van der Waals surface area (Å²) in [5.41, 5.74) is 4.81. The van der Waals surface area contributed by atoms with Crippen LogP contribution in [-0.4, -0.2) is 35.7 Å². The average molecular weight is 516 g/mol. The van der Waals surface area contributed by atoms with Crippen molar-refractivity contribution in [1.29, 1.82) is 0 Å². The Morgan fingerprint density at radius 3 is 2.12 bits per heavy atom. The molecular formula is C27H34BrNO4. The topological polar surface area (TPSA) is 55.8 Å². The van der Waals surface area contributed by atoms with Crippen LogP contribution in [0.15, 0.2) is 39.1 Å².